The summed E-state index contributed by atoms with van der Waals surface area (Å²) in [5, 5.41) is 0.336. The van der Waals surface area contributed by atoms with Crippen molar-refractivity contribution in [3.8, 4) is 0 Å². The maximum Gasteiger partial charge on any atom is 0.222 e. The van der Waals surface area contributed by atoms with Gasteiger partial charge in [-0.3, -0.25) is 4.90 Å². The molecule has 2 rings (SSSR count). The van der Waals surface area contributed by atoms with Crippen LogP contribution in [0.2, 0.25) is 5.28 Å². The molecule has 1 aromatic heterocycles. The van der Waals surface area contributed by atoms with Gasteiger partial charge in [0.1, 0.15) is 0 Å². The first-order chi connectivity index (χ1) is 7.79. The number of ether oxygens (including phenoxy) is 1. The molecule has 0 spiro atoms. The van der Waals surface area contributed by atoms with Crippen LogP contribution in [-0.2, 0) is 17.7 Å². The second kappa shape index (κ2) is 5.57. The standard InChI is InChI=1S/C11H16ClN3O/c1-2-10-9(7-13-11(12)14-10)8-15-3-5-16-6-4-15/h7H,2-6,8H2,1H3. The second-order valence-corrected chi connectivity index (χ2v) is 4.19. The first-order valence-corrected chi connectivity index (χ1v) is 5.97. The van der Waals surface area contributed by atoms with E-state index in [1.165, 1.54) is 5.56 Å². The van der Waals surface area contributed by atoms with Crippen LogP contribution < -0.4 is 0 Å². The Kier molecular flexibility index (Phi) is 4.09. The van der Waals surface area contributed by atoms with Crippen LogP contribution in [0, 0.1) is 0 Å². The van der Waals surface area contributed by atoms with Crippen molar-refractivity contribution in [2.24, 2.45) is 0 Å². The van der Waals surface area contributed by atoms with Gasteiger partial charge in [0.25, 0.3) is 0 Å². The zero-order valence-corrected chi connectivity index (χ0v) is 10.2. The van der Waals surface area contributed by atoms with E-state index >= 15 is 0 Å². The Morgan fingerprint density at radius 2 is 2.19 bits per heavy atom. The Morgan fingerprint density at radius 1 is 1.44 bits per heavy atom. The normalized spacial score (nSPS) is 17.6. The summed E-state index contributed by atoms with van der Waals surface area (Å²) in [6, 6.07) is 0. The molecule has 0 N–H and O–H groups in total. The van der Waals surface area contributed by atoms with Gasteiger partial charge in [0.05, 0.1) is 13.2 Å². The van der Waals surface area contributed by atoms with Gasteiger partial charge in [0.2, 0.25) is 5.28 Å². The lowest BCUT2D eigenvalue weighted by molar-refractivity contribution is 0.0340. The topological polar surface area (TPSA) is 38.2 Å². The fourth-order valence-corrected chi connectivity index (χ4v) is 2.01. The van der Waals surface area contributed by atoms with E-state index in [9.17, 15) is 0 Å². The van der Waals surface area contributed by atoms with Crippen molar-refractivity contribution in [2.45, 2.75) is 19.9 Å². The van der Waals surface area contributed by atoms with Gasteiger partial charge in [-0.2, -0.15) is 0 Å². The maximum atomic E-state index is 5.78. The molecule has 0 aromatic carbocycles. The van der Waals surface area contributed by atoms with Crippen LogP contribution in [0.25, 0.3) is 0 Å². The predicted molar refractivity (Wildman–Crippen MR) is 62.5 cm³/mol. The lowest BCUT2D eigenvalue weighted by Gasteiger charge is -2.26. The van der Waals surface area contributed by atoms with Gasteiger partial charge >= 0.3 is 0 Å². The van der Waals surface area contributed by atoms with E-state index < -0.39 is 0 Å². The monoisotopic (exact) mass is 241 g/mol. The maximum absolute atomic E-state index is 5.78. The first-order valence-electron chi connectivity index (χ1n) is 5.60. The summed E-state index contributed by atoms with van der Waals surface area (Å²) < 4.78 is 5.32. The van der Waals surface area contributed by atoms with E-state index in [0.29, 0.717) is 5.28 Å². The molecule has 1 aliphatic rings. The SMILES string of the molecule is CCc1nc(Cl)ncc1CN1CCOCC1. The fourth-order valence-electron chi connectivity index (χ4n) is 1.86. The van der Waals surface area contributed by atoms with Crippen molar-refractivity contribution in [1.29, 1.82) is 0 Å². The molecule has 88 valence electrons. The molecule has 1 fully saturated rings. The molecule has 5 heteroatoms. The third kappa shape index (κ3) is 2.90. The van der Waals surface area contributed by atoms with Crippen molar-refractivity contribution in [3.05, 3.63) is 22.7 Å². The molecule has 16 heavy (non-hydrogen) atoms. The Morgan fingerprint density at radius 3 is 2.88 bits per heavy atom. The van der Waals surface area contributed by atoms with Crippen molar-refractivity contribution in [1.82, 2.24) is 14.9 Å². The summed E-state index contributed by atoms with van der Waals surface area (Å²) in [7, 11) is 0. The van der Waals surface area contributed by atoms with Gasteiger partial charge in [-0.25, -0.2) is 9.97 Å². The third-order valence-corrected chi connectivity index (χ3v) is 2.94. The molecular weight excluding hydrogens is 226 g/mol. The van der Waals surface area contributed by atoms with Gasteiger partial charge < -0.3 is 4.74 Å². The van der Waals surface area contributed by atoms with Crippen LogP contribution in [0.15, 0.2) is 6.20 Å². The quantitative estimate of drug-likeness (QED) is 0.753. The molecule has 2 heterocycles. The minimum atomic E-state index is 0.336. The van der Waals surface area contributed by atoms with Crippen LogP contribution in [0.4, 0.5) is 0 Å². The summed E-state index contributed by atoms with van der Waals surface area (Å²) in [5.74, 6) is 0. The largest absolute Gasteiger partial charge is 0.379 e. The summed E-state index contributed by atoms with van der Waals surface area (Å²) >= 11 is 5.78. The van der Waals surface area contributed by atoms with Crippen LogP contribution in [-0.4, -0.2) is 41.2 Å². The summed E-state index contributed by atoms with van der Waals surface area (Å²) in [5.41, 5.74) is 2.22. The van der Waals surface area contributed by atoms with E-state index in [1.54, 1.807) is 0 Å². The van der Waals surface area contributed by atoms with Crippen molar-refractivity contribution in [3.63, 3.8) is 0 Å². The fraction of sp³-hybridized carbons (Fsp3) is 0.636. The molecule has 0 atom stereocenters. The smallest absolute Gasteiger partial charge is 0.222 e. The Balaban J connectivity index is 2.07. The molecule has 0 radical (unpaired) electrons. The van der Waals surface area contributed by atoms with Crippen molar-refractivity contribution < 1.29 is 4.74 Å². The molecule has 0 bridgehead atoms. The second-order valence-electron chi connectivity index (χ2n) is 3.85. The number of hydrogen-bond acceptors (Lipinski definition) is 4. The zero-order chi connectivity index (χ0) is 11.4. The van der Waals surface area contributed by atoms with Crippen LogP contribution in [0.1, 0.15) is 18.2 Å². The molecule has 0 saturated carbocycles. The highest BCUT2D eigenvalue weighted by atomic mass is 35.5. The predicted octanol–water partition coefficient (Wildman–Crippen LogP) is 1.52. The molecule has 1 aliphatic heterocycles. The summed E-state index contributed by atoms with van der Waals surface area (Å²) in [4.78, 5) is 10.7. The third-order valence-electron chi connectivity index (χ3n) is 2.76. The highest BCUT2D eigenvalue weighted by Gasteiger charge is 2.13. The Bertz CT molecular complexity index is 353. The average Bonchev–Trinajstić information content (AvgIpc) is 2.33. The van der Waals surface area contributed by atoms with Crippen LogP contribution >= 0.6 is 11.6 Å². The number of morpholine rings is 1. The Labute approximate surface area is 101 Å². The highest BCUT2D eigenvalue weighted by molar-refractivity contribution is 6.28. The van der Waals surface area contributed by atoms with Gasteiger partial charge in [-0.15, -0.1) is 0 Å². The van der Waals surface area contributed by atoms with Gasteiger partial charge in [-0.1, -0.05) is 6.92 Å². The number of halogens is 1. The lowest BCUT2D eigenvalue weighted by Crippen LogP contribution is -2.36. The van der Waals surface area contributed by atoms with E-state index in [2.05, 4.69) is 21.8 Å². The number of nitrogens with zero attached hydrogens (tertiary/aromatic N) is 3. The summed E-state index contributed by atoms with van der Waals surface area (Å²) in [6.45, 7) is 6.56. The van der Waals surface area contributed by atoms with Crippen LogP contribution in [0.5, 0.6) is 0 Å². The van der Waals surface area contributed by atoms with E-state index in [-0.39, 0.29) is 0 Å². The molecule has 0 aliphatic carbocycles. The van der Waals surface area contributed by atoms with Gasteiger partial charge in [-0.05, 0) is 18.0 Å². The highest BCUT2D eigenvalue weighted by Crippen LogP contribution is 2.12. The summed E-state index contributed by atoms with van der Waals surface area (Å²) in [6.07, 6.45) is 2.73. The molecule has 4 nitrogen and oxygen atoms in total. The number of rotatable bonds is 3. The number of aromatic nitrogens is 2. The van der Waals surface area contributed by atoms with E-state index in [1.807, 2.05) is 6.20 Å². The van der Waals surface area contributed by atoms with Crippen LogP contribution in [0.3, 0.4) is 0 Å². The van der Waals surface area contributed by atoms with Gasteiger partial charge in [0.15, 0.2) is 0 Å². The molecule has 0 unspecified atom stereocenters. The number of hydrogen-bond donors (Lipinski definition) is 0. The van der Waals surface area contributed by atoms with Crippen molar-refractivity contribution >= 4 is 11.6 Å². The first kappa shape index (κ1) is 11.8. The average molecular weight is 242 g/mol. The minimum absolute atomic E-state index is 0.336. The van der Waals surface area contributed by atoms with E-state index in [4.69, 9.17) is 16.3 Å². The minimum Gasteiger partial charge on any atom is -0.379 e. The van der Waals surface area contributed by atoms with Gasteiger partial charge in [0, 0.05) is 37.1 Å². The molecular formula is C11H16ClN3O. The molecule has 1 saturated heterocycles. The number of aryl methyl sites for hydroxylation is 1. The Hall–Kier alpha value is -0.710. The molecule has 1 aromatic rings. The van der Waals surface area contributed by atoms with Crippen molar-refractivity contribution in [2.75, 3.05) is 26.3 Å². The molecule has 0 amide bonds. The van der Waals surface area contributed by atoms with E-state index in [0.717, 1.165) is 45.0 Å². The zero-order valence-electron chi connectivity index (χ0n) is 9.45. The lowest BCUT2D eigenvalue weighted by atomic mass is 10.2.